The number of alkyl halides is 1. The summed E-state index contributed by atoms with van der Waals surface area (Å²) in [4.78, 5) is 25.9. The minimum Gasteiger partial charge on any atom is -0.478 e. The number of anilines is 3. The Bertz CT molecular complexity index is 1100. The number of aryl methyl sites for hydroxylation is 1. The Kier molecular flexibility index (Phi) is 5.46. The number of imidazole rings is 1. The highest BCUT2D eigenvalue weighted by atomic mass is 19.1. The van der Waals surface area contributed by atoms with E-state index in [-0.39, 0.29) is 25.6 Å². The first-order chi connectivity index (χ1) is 14.9. The number of hydrogen-bond acceptors (Lipinski definition) is 10. The van der Waals surface area contributed by atoms with Crippen LogP contribution in [0.15, 0.2) is 12.5 Å². The van der Waals surface area contributed by atoms with Crippen molar-refractivity contribution in [3.8, 4) is 5.88 Å². The van der Waals surface area contributed by atoms with Gasteiger partial charge >= 0.3 is 6.09 Å². The first kappa shape index (κ1) is 20.6. The van der Waals surface area contributed by atoms with Crippen LogP contribution in [-0.2, 0) is 18.3 Å². The summed E-state index contributed by atoms with van der Waals surface area (Å²) >= 11 is 0. The minimum atomic E-state index is -1.42. The molecule has 4 rings (SSSR count). The predicted octanol–water partition coefficient (Wildman–Crippen LogP) is -0.0737. The summed E-state index contributed by atoms with van der Waals surface area (Å²) in [5.74, 6) is 0.897. The number of nitrogens with zero attached hydrogens (tertiary/aromatic N) is 7. The number of primary amides is 1. The molecule has 1 aliphatic rings. The van der Waals surface area contributed by atoms with Gasteiger partial charge in [-0.25, -0.2) is 14.2 Å². The van der Waals surface area contributed by atoms with Crippen LogP contribution in [0.1, 0.15) is 0 Å². The number of aliphatic hydroxyl groups excluding tert-OH is 1. The number of carbonyl (C=O) groups excluding carboxylic acids is 1. The van der Waals surface area contributed by atoms with E-state index < -0.39 is 18.4 Å². The number of hydrogen-bond donors (Lipinski definition) is 3. The summed E-state index contributed by atoms with van der Waals surface area (Å²) in [5, 5.41) is 16.5. The lowest BCUT2D eigenvalue weighted by Crippen LogP contribution is -2.30. The Morgan fingerprint density at radius 3 is 2.94 bits per heavy atom. The van der Waals surface area contributed by atoms with Crippen LogP contribution in [0.2, 0.25) is 0 Å². The summed E-state index contributed by atoms with van der Waals surface area (Å²) in [5.41, 5.74) is 6.54. The second-order valence-electron chi connectivity index (χ2n) is 6.96. The molecular formula is C17H22FN9O4. The van der Waals surface area contributed by atoms with Crippen LogP contribution < -0.4 is 20.7 Å². The molecule has 3 aromatic heterocycles. The third kappa shape index (κ3) is 4.01. The molecule has 1 amide bonds. The fourth-order valence-electron chi connectivity index (χ4n) is 3.37. The molecule has 14 heteroatoms. The number of ether oxygens (including phenoxy) is 2. The maximum absolute atomic E-state index is 14.3. The fourth-order valence-corrected chi connectivity index (χ4v) is 3.37. The molecule has 0 aromatic carbocycles. The first-order valence-corrected chi connectivity index (χ1v) is 9.43. The van der Waals surface area contributed by atoms with Gasteiger partial charge in [-0.3, -0.25) is 4.68 Å². The van der Waals surface area contributed by atoms with Crippen molar-refractivity contribution < 1.29 is 23.8 Å². The minimum absolute atomic E-state index is 0.0570. The van der Waals surface area contributed by atoms with Crippen molar-refractivity contribution in [1.29, 1.82) is 0 Å². The van der Waals surface area contributed by atoms with Crippen LogP contribution in [0.5, 0.6) is 5.88 Å². The number of nitrogens with one attached hydrogen (secondary N) is 1. The van der Waals surface area contributed by atoms with Crippen molar-refractivity contribution in [1.82, 2.24) is 29.3 Å². The molecular weight excluding hydrogens is 413 g/mol. The summed E-state index contributed by atoms with van der Waals surface area (Å²) in [7, 11) is 3.25. The Hall–Kier alpha value is -3.68. The van der Waals surface area contributed by atoms with Gasteiger partial charge in [0.25, 0.3) is 5.88 Å². The molecule has 1 aliphatic heterocycles. The number of fused-ring (bicyclic) bond motifs is 1. The van der Waals surface area contributed by atoms with Gasteiger partial charge in [0.1, 0.15) is 5.69 Å². The molecule has 166 valence electrons. The van der Waals surface area contributed by atoms with Gasteiger partial charge in [-0.2, -0.15) is 9.97 Å². The molecule has 0 unspecified atom stereocenters. The van der Waals surface area contributed by atoms with E-state index >= 15 is 0 Å². The van der Waals surface area contributed by atoms with Crippen molar-refractivity contribution >= 4 is 34.7 Å². The number of aromatic nitrogens is 6. The highest BCUT2D eigenvalue weighted by Gasteiger charge is 2.37. The van der Waals surface area contributed by atoms with E-state index in [1.54, 1.807) is 29.0 Å². The maximum atomic E-state index is 14.3. The zero-order valence-corrected chi connectivity index (χ0v) is 16.9. The Morgan fingerprint density at radius 2 is 2.23 bits per heavy atom. The van der Waals surface area contributed by atoms with Crippen LogP contribution >= 0.6 is 0 Å². The largest absolute Gasteiger partial charge is 0.478 e. The normalized spacial score (nSPS) is 18.5. The lowest BCUT2D eigenvalue weighted by molar-refractivity contribution is 0.0773. The molecule has 31 heavy (non-hydrogen) atoms. The zero-order chi connectivity index (χ0) is 22.1. The van der Waals surface area contributed by atoms with Gasteiger partial charge in [-0.15, -0.1) is 5.10 Å². The molecule has 4 N–H and O–H groups in total. The van der Waals surface area contributed by atoms with Crippen molar-refractivity contribution in [2.75, 3.05) is 37.0 Å². The van der Waals surface area contributed by atoms with E-state index in [4.69, 9.17) is 20.3 Å². The SMILES string of the molecule is COc1nn(CCO)cc1Nc1nc(N2C[C@@H](F)[C@H](OC(N)=O)C2)nc2c1ncn2C. The molecule has 0 radical (unpaired) electrons. The number of halogens is 1. The molecule has 13 nitrogen and oxygen atoms in total. The predicted molar refractivity (Wildman–Crippen MR) is 107 cm³/mol. The van der Waals surface area contributed by atoms with E-state index in [1.165, 1.54) is 11.8 Å². The Balaban J connectivity index is 1.69. The molecule has 4 heterocycles. The fraction of sp³-hybridized carbons (Fsp3) is 0.471. The molecule has 2 atom stereocenters. The summed E-state index contributed by atoms with van der Waals surface area (Å²) in [6, 6.07) is 0. The van der Waals surface area contributed by atoms with Crippen LogP contribution in [0, 0.1) is 0 Å². The number of nitrogens with two attached hydrogens (primary N) is 1. The van der Waals surface area contributed by atoms with Gasteiger partial charge in [-0.1, -0.05) is 0 Å². The molecule has 0 saturated carbocycles. The Labute approximate surface area is 175 Å². The van der Waals surface area contributed by atoms with E-state index in [9.17, 15) is 9.18 Å². The van der Waals surface area contributed by atoms with Crippen LogP contribution in [0.3, 0.4) is 0 Å². The monoisotopic (exact) mass is 435 g/mol. The maximum Gasteiger partial charge on any atom is 0.404 e. The van der Waals surface area contributed by atoms with Crippen LogP contribution in [0.25, 0.3) is 11.2 Å². The third-order valence-corrected chi connectivity index (χ3v) is 4.80. The highest BCUT2D eigenvalue weighted by Crippen LogP contribution is 2.31. The van der Waals surface area contributed by atoms with Gasteiger partial charge in [-0.05, 0) is 0 Å². The standard InChI is InChI=1S/C17H22FN9O4/c1-25-8-20-12-13(21-10-6-27(3-4-28)24-15(10)30-2)22-17(23-14(12)25)26-5-9(18)11(7-26)31-16(19)29/h6,8-9,11,28H,3-5,7H2,1-2H3,(H2,19,29)(H,21,22,23)/t9-,11-/m1/s1. The Morgan fingerprint density at radius 1 is 1.42 bits per heavy atom. The van der Waals surface area contributed by atoms with Gasteiger partial charge in [0.15, 0.2) is 29.3 Å². The van der Waals surface area contributed by atoms with Gasteiger partial charge < -0.3 is 35.1 Å². The molecule has 1 fully saturated rings. The van der Waals surface area contributed by atoms with E-state index in [0.717, 1.165) is 0 Å². The van der Waals surface area contributed by atoms with Crippen molar-refractivity contribution in [3.05, 3.63) is 12.5 Å². The number of methoxy groups -OCH3 is 1. The molecule has 0 spiro atoms. The lowest BCUT2D eigenvalue weighted by Gasteiger charge is -2.17. The molecule has 1 saturated heterocycles. The first-order valence-electron chi connectivity index (χ1n) is 9.43. The van der Waals surface area contributed by atoms with Crippen LogP contribution in [-0.4, -0.2) is 79.6 Å². The highest BCUT2D eigenvalue weighted by molar-refractivity contribution is 5.87. The summed E-state index contributed by atoms with van der Waals surface area (Å²) in [6.45, 7) is 0.211. The van der Waals surface area contributed by atoms with Gasteiger partial charge in [0.2, 0.25) is 5.95 Å². The number of amides is 1. The number of carbonyl (C=O) groups is 1. The molecule has 3 aromatic rings. The molecule has 0 bridgehead atoms. The van der Waals surface area contributed by atoms with Crippen molar-refractivity contribution in [2.24, 2.45) is 12.8 Å². The second kappa shape index (κ2) is 8.22. The third-order valence-electron chi connectivity index (χ3n) is 4.80. The van der Waals surface area contributed by atoms with Crippen molar-refractivity contribution in [2.45, 2.75) is 18.8 Å². The lowest BCUT2D eigenvalue weighted by atomic mass is 10.3. The second-order valence-corrected chi connectivity index (χ2v) is 6.96. The van der Waals surface area contributed by atoms with E-state index in [2.05, 4.69) is 25.4 Å². The average Bonchev–Trinajstić information content (AvgIpc) is 3.40. The summed E-state index contributed by atoms with van der Waals surface area (Å²) in [6.07, 6.45) is -0.216. The van der Waals surface area contributed by atoms with E-state index in [1.807, 2.05) is 0 Å². The molecule has 0 aliphatic carbocycles. The van der Waals surface area contributed by atoms with Gasteiger partial charge in [0, 0.05) is 7.05 Å². The summed E-state index contributed by atoms with van der Waals surface area (Å²) < 4.78 is 27.7. The van der Waals surface area contributed by atoms with Crippen LogP contribution in [0.4, 0.5) is 26.6 Å². The number of rotatable bonds is 7. The quantitative estimate of drug-likeness (QED) is 0.458. The average molecular weight is 435 g/mol. The topological polar surface area (TPSA) is 158 Å². The van der Waals surface area contributed by atoms with Gasteiger partial charge in [0.05, 0.1) is 45.9 Å². The number of aliphatic hydroxyl groups is 1. The smallest absolute Gasteiger partial charge is 0.404 e. The van der Waals surface area contributed by atoms with Crippen molar-refractivity contribution in [3.63, 3.8) is 0 Å². The zero-order valence-electron chi connectivity index (χ0n) is 16.9. The van der Waals surface area contributed by atoms with E-state index in [0.29, 0.717) is 35.1 Å².